The molecule has 0 aromatic heterocycles. The normalized spacial score (nSPS) is 19.9. The van der Waals surface area contributed by atoms with Crippen LogP contribution in [0.25, 0.3) is 10.8 Å². The summed E-state index contributed by atoms with van der Waals surface area (Å²) < 4.78 is 23.2. The number of hydrogen-bond donors (Lipinski definition) is 2. The van der Waals surface area contributed by atoms with Crippen molar-refractivity contribution in [2.24, 2.45) is 4.99 Å². The Morgan fingerprint density at radius 1 is 1.20 bits per heavy atom. The van der Waals surface area contributed by atoms with E-state index < -0.39 is 9.84 Å². The van der Waals surface area contributed by atoms with Gasteiger partial charge in [0, 0.05) is 19.1 Å². The maximum atomic E-state index is 11.6. The van der Waals surface area contributed by atoms with Gasteiger partial charge in [-0.05, 0) is 36.1 Å². The minimum atomic E-state index is -2.89. The summed E-state index contributed by atoms with van der Waals surface area (Å²) in [6, 6.07) is 14.8. The lowest BCUT2D eigenvalue weighted by Crippen LogP contribution is -2.44. The molecule has 2 aromatic rings. The Kier molecular flexibility index (Phi) is 5.58. The van der Waals surface area contributed by atoms with Gasteiger partial charge in [0.15, 0.2) is 15.8 Å². The third-order valence-corrected chi connectivity index (χ3v) is 6.17. The van der Waals surface area contributed by atoms with Gasteiger partial charge in [-0.25, -0.2) is 8.42 Å². The van der Waals surface area contributed by atoms with Gasteiger partial charge in [-0.15, -0.1) is 0 Å². The predicted octanol–water partition coefficient (Wildman–Crippen LogP) is 2.12. The average molecular weight is 359 g/mol. The van der Waals surface area contributed by atoms with Gasteiger partial charge < -0.3 is 10.6 Å². The third-order valence-electron chi connectivity index (χ3n) is 4.40. The van der Waals surface area contributed by atoms with Crippen molar-refractivity contribution in [3.05, 3.63) is 48.0 Å². The quantitative estimate of drug-likeness (QED) is 0.634. The van der Waals surface area contributed by atoms with E-state index in [0.717, 1.165) is 13.0 Å². The molecule has 2 N–H and O–H groups in total. The van der Waals surface area contributed by atoms with Crippen molar-refractivity contribution >= 4 is 26.6 Å². The van der Waals surface area contributed by atoms with E-state index in [1.807, 2.05) is 19.1 Å². The van der Waals surface area contributed by atoms with E-state index in [1.54, 1.807) is 0 Å². The molecule has 134 valence electrons. The molecule has 0 radical (unpaired) electrons. The van der Waals surface area contributed by atoms with Crippen molar-refractivity contribution in [2.75, 3.05) is 24.6 Å². The van der Waals surface area contributed by atoms with Crippen LogP contribution < -0.4 is 10.6 Å². The Morgan fingerprint density at radius 3 is 2.72 bits per heavy atom. The summed E-state index contributed by atoms with van der Waals surface area (Å²) in [5.41, 5.74) is 1.25. The zero-order valence-corrected chi connectivity index (χ0v) is 15.3. The van der Waals surface area contributed by atoms with Gasteiger partial charge >= 0.3 is 0 Å². The van der Waals surface area contributed by atoms with Crippen molar-refractivity contribution in [1.82, 2.24) is 10.6 Å². The summed E-state index contributed by atoms with van der Waals surface area (Å²) in [7, 11) is -2.89. The van der Waals surface area contributed by atoms with Crippen LogP contribution in [0.4, 0.5) is 0 Å². The second-order valence-electron chi connectivity index (χ2n) is 6.44. The molecule has 1 unspecified atom stereocenters. The monoisotopic (exact) mass is 359 g/mol. The van der Waals surface area contributed by atoms with E-state index in [4.69, 9.17) is 0 Å². The summed E-state index contributed by atoms with van der Waals surface area (Å²) in [5.74, 6) is 1.16. The summed E-state index contributed by atoms with van der Waals surface area (Å²) >= 11 is 0. The van der Waals surface area contributed by atoms with Gasteiger partial charge in [0.1, 0.15) is 0 Å². The molecular weight excluding hydrogens is 334 g/mol. The van der Waals surface area contributed by atoms with Crippen molar-refractivity contribution in [3.8, 4) is 0 Å². The first-order valence-corrected chi connectivity index (χ1v) is 10.6. The number of aliphatic imine (C=N–C) groups is 1. The van der Waals surface area contributed by atoms with E-state index in [9.17, 15) is 8.42 Å². The average Bonchev–Trinajstić information content (AvgIpc) is 2.93. The van der Waals surface area contributed by atoms with Gasteiger partial charge in [-0.1, -0.05) is 42.5 Å². The molecular formula is C19H25N3O2S. The highest BCUT2D eigenvalue weighted by Crippen LogP contribution is 2.16. The molecule has 1 aliphatic heterocycles. The predicted molar refractivity (Wildman–Crippen MR) is 104 cm³/mol. The molecule has 5 nitrogen and oxygen atoms in total. The molecule has 1 atom stereocenters. The number of fused-ring (bicyclic) bond motifs is 1. The van der Waals surface area contributed by atoms with Gasteiger partial charge in [0.2, 0.25) is 0 Å². The summed E-state index contributed by atoms with van der Waals surface area (Å²) in [5, 5.41) is 8.93. The van der Waals surface area contributed by atoms with E-state index in [0.29, 0.717) is 18.9 Å². The molecule has 0 aliphatic carbocycles. The Labute approximate surface area is 149 Å². The topological polar surface area (TPSA) is 70.6 Å². The molecule has 0 saturated carbocycles. The fourth-order valence-corrected chi connectivity index (χ4v) is 4.79. The van der Waals surface area contributed by atoms with Crippen LogP contribution >= 0.6 is 0 Å². The second-order valence-corrected chi connectivity index (χ2v) is 8.67. The third kappa shape index (κ3) is 4.95. The Balaban J connectivity index is 1.60. The Morgan fingerprint density at radius 2 is 2.00 bits per heavy atom. The maximum Gasteiger partial charge on any atom is 0.191 e. The van der Waals surface area contributed by atoms with E-state index >= 15 is 0 Å². The molecule has 6 heteroatoms. The van der Waals surface area contributed by atoms with Crippen LogP contribution in [-0.4, -0.2) is 45.0 Å². The van der Waals surface area contributed by atoms with Crippen LogP contribution in [-0.2, 0) is 16.3 Å². The molecule has 0 amide bonds. The summed E-state index contributed by atoms with van der Waals surface area (Å²) in [4.78, 5) is 4.60. The largest absolute Gasteiger partial charge is 0.357 e. The number of rotatable bonds is 5. The molecule has 0 spiro atoms. The highest BCUT2D eigenvalue weighted by atomic mass is 32.2. The number of sulfone groups is 1. The summed E-state index contributed by atoms with van der Waals surface area (Å²) in [6.45, 7) is 3.42. The molecule has 2 aromatic carbocycles. The van der Waals surface area contributed by atoms with E-state index in [2.05, 4.69) is 46.0 Å². The van der Waals surface area contributed by atoms with E-state index in [-0.39, 0.29) is 17.5 Å². The molecule has 3 rings (SSSR count). The molecule has 0 bridgehead atoms. The first-order chi connectivity index (χ1) is 12.1. The fourth-order valence-electron chi connectivity index (χ4n) is 3.11. The van der Waals surface area contributed by atoms with Gasteiger partial charge in [-0.3, -0.25) is 4.99 Å². The lowest BCUT2D eigenvalue weighted by atomic mass is 10.1. The zero-order valence-electron chi connectivity index (χ0n) is 14.5. The number of nitrogens with one attached hydrogen (secondary N) is 2. The second kappa shape index (κ2) is 7.87. The molecule has 1 aliphatic rings. The van der Waals surface area contributed by atoms with Crippen LogP contribution in [0.1, 0.15) is 18.9 Å². The van der Waals surface area contributed by atoms with Crippen molar-refractivity contribution in [1.29, 1.82) is 0 Å². The van der Waals surface area contributed by atoms with Crippen LogP contribution in [0.3, 0.4) is 0 Å². The molecule has 25 heavy (non-hydrogen) atoms. The van der Waals surface area contributed by atoms with Gasteiger partial charge in [-0.2, -0.15) is 0 Å². The minimum Gasteiger partial charge on any atom is -0.357 e. The van der Waals surface area contributed by atoms with Gasteiger partial charge in [0.05, 0.1) is 11.5 Å². The molecule has 1 heterocycles. The lowest BCUT2D eigenvalue weighted by molar-refractivity contribution is 0.599. The van der Waals surface area contributed by atoms with Crippen LogP contribution in [0.2, 0.25) is 0 Å². The fraction of sp³-hybridized carbons (Fsp3) is 0.421. The number of hydrogen-bond acceptors (Lipinski definition) is 3. The molecule has 1 saturated heterocycles. The first kappa shape index (κ1) is 17.7. The van der Waals surface area contributed by atoms with Crippen molar-refractivity contribution in [3.63, 3.8) is 0 Å². The molecule has 1 fully saturated rings. The Bertz CT molecular complexity index is 862. The Hall–Kier alpha value is -2.08. The lowest BCUT2D eigenvalue weighted by Gasteiger charge is -2.15. The number of benzene rings is 2. The van der Waals surface area contributed by atoms with Crippen LogP contribution in [0.15, 0.2) is 47.5 Å². The maximum absolute atomic E-state index is 11.6. The van der Waals surface area contributed by atoms with E-state index in [1.165, 1.54) is 16.3 Å². The van der Waals surface area contributed by atoms with Crippen molar-refractivity contribution < 1.29 is 8.42 Å². The number of guanidine groups is 1. The SMILES string of the molecule is CCNC(=NCCc1ccc2ccccc2c1)NC1CCS(=O)(=O)C1. The van der Waals surface area contributed by atoms with Crippen LogP contribution in [0, 0.1) is 0 Å². The van der Waals surface area contributed by atoms with Gasteiger partial charge in [0.25, 0.3) is 0 Å². The highest BCUT2D eigenvalue weighted by Gasteiger charge is 2.28. The standard InChI is InChI=1S/C19H25N3O2S/c1-2-20-19(22-18-10-12-25(23,24)14-18)21-11-9-15-7-8-16-5-3-4-6-17(16)13-15/h3-8,13,18H,2,9-12,14H2,1H3,(H2,20,21,22). The highest BCUT2D eigenvalue weighted by molar-refractivity contribution is 7.91. The minimum absolute atomic E-state index is 0.0385. The zero-order chi connectivity index (χ0) is 17.7. The van der Waals surface area contributed by atoms with Crippen LogP contribution in [0.5, 0.6) is 0 Å². The number of nitrogens with zero attached hydrogens (tertiary/aromatic N) is 1. The smallest absolute Gasteiger partial charge is 0.191 e. The van der Waals surface area contributed by atoms with Crippen molar-refractivity contribution in [2.45, 2.75) is 25.8 Å². The first-order valence-electron chi connectivity index (χ1n) is 8.79. The summed E-state index contributed by atoms with van der Waals surface area (Å²) in [6.07, 6.45) is 1.50.